The first-order valence-corrected chi connectivity index (χ1v) is 9.99. The summed E-state index contributed by atoms with van der Waals surface area (Å²) in [6.07, 6.45) is 12.0. The summed E-state index contributed by atoms with van der Waals surface area (Å²) in [5.74, 6) is 1.23. The van der Waals surface area contributed by atoms with Crippen LogP contribution in [0.15, 0.2) is 74.4 Å². The fraction of sp³-hybridized carbons (Fsp3) is 0.286. The predicted molar refractivity (Wildman–Crippen MR) is 120 cm³/mol. The van der Waals surface area contributed by atoms with E-state index >= 15 is 0 Å². The van der Waals surface area contributed by atoms with Crippen LogP contribution < -0.4 is 10.4 Å². The van der Waals surface area contributed by atoms with Gasteiger partial charge in [-0.3, -0.25) is 0 Å². The number of hydrazone groups is 2. The van der Waals surface area contributed by atoms with Gasteiger partial charge in [0.15, 0.2) is 5.90 Å². The van der Waals surface area contributed by atoms with Crippen molar-refractivity contribution in [2.45, 2.75) is 13.5 Å². The fourth-order valence-corrected chi connectivity index (χ4v) is 3.54. The molecule has 1 aromatic carbocycles. The van der Waals surface area contributed by atoms with Crippen LogP contribution in [-0.4, -0.2) is 32.0 Å². The van der Waals surface area contributed by atoms with E-state index in [4.69, 9.17) is 4.74 Å². The quantitative estimate of drug-likeness (QED) is 0.373. The molecule has 1 aromatic rings. The molecule has 28 heavy (non-hydrogen) atoms. The number of ether oxygens (including phenoxy) is 1. The van der Waals surface area contributed by atoms with Crippen LogP contribution in [0.1, 0.15) is 12.5 Å². The van der Waals surface area contributed by atoms with Gasteiger partial charge in [0, 0.05) is 42.6 Å². The minimum absolute atomic E-state index is 0.157. The number of hydrogen-bond acceptors (Lipinski definition) is 6. The van der Waals surface area contributed by atoms with E-state index in [1.54, 1.807) is 6.21 Å². The van der Waals surface area contributed by atoms with Crippen molar-refractivity contribution in [2.24, 2.45) is 27.0 Å². The van der Waals surface area contributed by atoms with Crippen molar-refractivity contribution >= 4 is 40.4 Å². The van der Waals surface area contributed by atoms with Crippen LogP contribution in [0.5, 0.6) is 0 Å². The Balaban J connectivity index is 1.51. The number of aliphatic imine (C=N–C) groups is 1. The molecule has 0 spiro atoms. The molecular weight excluding hydrogens is 418 g/mol. The largest absolute Gasteiger partial charge is 0.479 e. The molecule has 2 unspecified atom stereocenters. The molecule has 0 bridgehead atoms. The molecule has 1 aliphatic heterocycles. The lowest BCUT2D eigenvalue weighted by atomic mass is 9.87. The zero-order valence-electron chi connectivity index (χ0n) is 15.8. The standard InChI is InChI=1S/C21H24BrN5O/c1-3-26-27(23-2)20-7-5-4-6-17(20)15-24-12-13-28-21-19-14-18(22)9-8-16(19)10-11-25-21/h3-11,14,16,19,24H,2,12-13,15H2,1H3/b26-3-. The summed E-state index contributed by atoms with van der Waals surface area (Å²) in [5.41, 5.74) is 1.99. The number of nitrogens with zero attached hydrogens (tertiary/aromatic N) is 4. The Kier molecular flexibility index (Phi) is 7.33. The maximum Gasteiger partial charge on any atom is 0.195 e. The SMILES string of the molecule is C=NN(/N=C\C)c1ccccc1CNCCOC1=NC=CC2C=CC(Br)=CC12. The Bertz CT molecular complexity index is 843. The number of nitrogens with one attached hydrogen (secondary N) is 1. The second kappa shape index (κ2) is 10.1. The van der Waals surface area contributed by atoms with Crippen LogP contribution in [0.3, 0.4) is 0 Å². The molecule has 1 aliphatic carbocycles. The van der Waals surface area contributed by atoms with Gasteiger partial charge in [-0.25, -0.2) is 4.99 Å². The number of benzene rings is 1. The van der Waals surface area contributed by atoms with Gasteiger partial charge in [-0.2, -0.15) is 15.3 Å². The molecule has 6 nitrogen and oxygen atoms in total. The highest BCUT2D eigenvalue weighted by Crippen LogP contribution is 2.30. The van der Waals surface area contributed by atoms with Gasteiger partial charge in [-0.15, -0.1) is 0 Å². The average Bonchev–Trinajstić information content (AvgIpc) is 2.72. The monoisotopic (exact) mass is 441 g/mol. The van der Waals surface area contributed by atoms with Crippen molar-refractivity contribution in [3.05, 3.63) is 64.8 Å². The van der Waals surface area contributed by atoms with Crippen molar-refractivity contribution in [1.82, 2.24) is 5.32 Å². The normalized spacial score (nSPS) is 20.5. The van der Waals surface area contributed by atoms with Gasteiger partial charge in [0.05, 0.1) is 11.6 Å². The van der Waals surface area contributed by atoms with Gasteiger partial charge >= 0.3 is 0 Å². The van der Waals surface area contributed by atoms with Crippen molar-refractivity contribution in [2.75, 3.05) is 18.3 Å². The third-order valence-corrected chi connectivity index (χ3v) is 4.97. The maximum absolute atomic E-state index is 5.95. The zero-order chi connectivity index (χ0) is 19.8. The second-order valence-electron chi connectivity index (χ2n) is 6.28. The number of para-hydroxylation sites is 1. The molecule has 0 aromatic heterocycles. The van der Waals surface area contributed by atoms with E-state index in [2.05, 4.69) is 67.5 Å². The highest BCUT2D eigenvalue weighted by Gasteiger charge is 2.27. The first-order chi connectivity index (χ1) is 13.7. The molecule has 2 aliphatic rings. The summed E-state index contributed by atoms with van der Waals surface area (Å²) >= 11 is 3.53. The number of allylic oxidation sites excluding steroid dienone is 4. The van der Waals surface area contributed by atoms with Gasteiger partial charge in [0.25, 0.3) is 0 Å². The van der Waals surface area contributed by atoms with Crippen LogP contribution in [-0.2, 0) is 11.3 Å². The smallest absolute Gasteiger partial charge is 0.195 e. The maximum atomic E-state index is 5.95. The summed E-state index contributed by atoms with van der Waals surface area (Å²) in [4.78, 5) is 4.42. The summed E-state index contributed by atoms with van der Waals surface area (Å²) in [7, 11) is 0. The van der Waals surface area contributed by atoms with E-state index in [-0.39, 0.29) is 5.92 Å². The van der Waals surface area contributed by atoms with Gasteiger partial charge in [-0.1, -0.05) is 58.4 Å². The molecule has 0 saturated carbocycles. The van der Waals surface area contributed by atoms with E-state index in [9.17, 15) is 0 Å². The Morgan fingerprint density at radius 2 is 2.21 bits per heavy atom. The number of rotatable bonds is 8. The third kappa shape index (κ3) is 5.05. The van der Waals surface area contributed by atoms with E-state index in [0.717, 1.165) is 21.6 Å². The Labute approximate surface area is 174 Å². The number of halogens is 1. The van der Waals surface area contributed by atoms with Gasteiger partial charge in [0.2, 0.25) is 0 Å². The molecule has 0 radical (unpaired) electrons. The lowest BCUT2D eigenvalue weighted by Crippen LogP contribution is -2.29. The van der Waals surface area contributed by atoms with Crippen LogP contribution in [0.25, 0.3) is 0 Å². The molecule has 1 heterocycles. The molecule has 146 valence electrons. The summed E-state index contributed by atoms with van der Waals surface area (Å²) < 4.78 is 7.01. The summed E-state index contributed by atoms with van der Waals surface area (Å²) in [5, 5.41) is 13.1. The summed E-state index contributed by atoms with van der Waals surface area (Å²) in [6, 6.07) is 7.97. The van der Waals surface area contributed by atoms with E-state index in [1.807, 2.05) is 37.4 Å². The molecule has 1 N–H and O–H groups in total. The Hall–Kier alpha value is -2.51. The lowest BCUT2D eigenvalue weighted by Gasteiger charge is -2.26. The van der Waals surface area contributed by atoms with Gasteiger partial charge < -0.3 is 10.1 Å². The van der Waals surface area contributed by atoms with Gasteiger partial charge in [0.1, 0.15) is 6.61 Å². The zero-order valence-corrected chi connectivity index (χ0v) is 17.4. The molecule has 0 amide bonds. The Morgan fingerprint density at radius 1 is 1.36 bits per heavy atom. The minimum Gasteiger partial charge on any atom is -0.479 e. The van der Waals surface area contributed by atoms with Gasteiger partial charge in [-0.05, 0) is 18.6 Å². The second-order valence-corrected chi connectivity index (χ2v) is 7.20. The van der Waals surface area contributed by atoms with Crippen molar-refractivity contribution in [3.8, 4) is 0 Å². The van der Waals surface area contributed by atoms with Crippen LogP contribution >= 0.6 is 15.9 Å². The fourth-order valence-electron chi connectivity index (χ4n) is 3.11. The average molecular weight is 442 g/mol. The third-order valence-electron chi connectivity index (χ3n) is 4.44. The topological polar surface area (TPSA) is 61.6 Å². The molecule has 7 heteroatoms. The Morgan fingerprint density at radius 3 is 3.04 bits per heavy atom. The molecule has 0 saturated heterocycles. The number of hydrogen-bond donors (Lipinski definition) is 1. The van der Waals surface area contributed by atoms with Crippen LogP contribution in [0.4, 0.5) is 5.69 Å². The first-order valence-electron chi connectivity index (χ1n) is 9.19. The minimum atomic E-state index is 0.157. The first kappa shape index (κ1) is 20.2. The van der Waals surface area contributed by atoms with E-state index in [0.29, 0.717) is 25.6 Å². The van der Waals surface area contributed by atoms with Crippen LogP contribution in [0, 0.1) is 11.8 Å². The highest BCUT2D eigenvalue weighted by atomic mass is 79.9. The van der Waals surface area contributed by atoms with Crippen molar-refractivity contribution in [3.63, 3.8) is 0 Å². The highest BCUT2D eigenvalue weighted by molar-refractivity contribution is 9.11. The predicted octanol–water partition coefficient (Wildman–Crippen LogP) is 4.23. The number of anilines is 1. The molecule has 2 atom stereocenters. The molecular formula is C21H24BrN5O. The summed E-state index contributed by atoms with van der Waals surface area (Å²) in [6.45, 7) is 7.36. The van der Waals surface area contributed by atoms with Crippen LogP contribution in [0.2, 0.25) is 0 Å². The van der Waals surface area contributed by atoms with Crippen molar-refractivity contribution < 1.29 is 4.74 Å². The van der Waals surface area contributed by atoms with E-state index in [1.165, 1.54) is 5.12 Å². The number of fused-ring (bicyclic) bond motifs is 1. The van der Waals surface area contributed by atoms with Crippen molar-refractivity contribution in [1.29, 1.82) is 0 Å². The lowest BCUT2D eigenvalue weighted by molar-refractivity contribution is 0.278. The molecule has 3 rings (SSSR count). The van der Waals surface area contributed by atoms with E-state index < -0.39 is 0 Å². The molecule has 0 fully saturated rings.